The van der Waals surface area contributed by atoms with Gasteiger partial charge in [0.15, 0.2) is 9.84 Å². The van der Waals surface area contributed by atoms with Crippen LogP contribution in [-0.4, -0.2) is 32.5 Å². The first-order valence-corrected chi connectivity index (χ1v) is 7.25. The molecule has 1 fully saturated rings. The molecular formula is C10H21NO2S. The molecule has 1 N–H and O–H groups in total. The first-order valence-electron chi connectivity index (χ1n) is 5.43. The molecule has 0 amide bonds. The second-order valence-corrected chi connectivity index (χ2v) is 6.82. The van der Waals surface area contributed by atoms with Gasteiger partial charge in [-0.2, -0.15) is 0 Å². The van der Waals surface area contributed by atoms with Gasteiger partial charge in [-0.05, 0) is 31.7 Å². The molecule has 0 radical (unpaired) electrons. The van der Waals surface area contributed by atoms with Crippen LogP contribution in [0.4, 0.5) is 0 Å². The maximum absolute atomic E-state index is 11.3. The van der Waals surface area contributed by atoms with Crippen LogP contribution in [0.3, 0.4) is 0 Å². The van der Waals surface area contributed by atoms with Crippen LogP contribution in [0, 0.1) is 5.92 Å². The molecule has 3 nitrogen and oxygen atoms in total. The van der Waals surface area contributed by atoms with E-state index in [4.69, 9.17) is 0 Å². The summed E-state index contributed by atoms with van der Waals surface area (Å²) in [6, 6.07) is 0.201. The average molecular weight is 219 g/mol. The minimum absolute atomic E-state index is 0.201. The van der Waals surface area contributed by atoms with E-state index in [9.17, 15) is 8.42 Å². The van der Waals surface area contributed by atoms with E-state index in [0.717, 1.165) is 25.8 Å². The average Bonchev–Trinajstić information content (AvgIpc) is 2.01. The summed E-state index contributed by atoms with van der Waals surface area (Å²) in [7, 11) is -2.75. The van der Waals surface area contributed by atoms with Crippen molar-refractivity contribution in [3.8, 4) is 0 Å². The van der Waals surface area contributed by atoms with Gasteiger partial charge in [-0.25, -0.2) is 8.42 Å². The molecule has 0 aromatic heterocycles. The van der Waals surface area contributed by atoms with Gasteiger partial charge in [-0.15, -0.1) is 0 Å². The van der Waals surface area contributed by atoms with Gasteiger partial charge in [0, 0.05) is 6.04 Å². The van der Waals surface area contributed by atoms with Crippen LogP contribution in [0.25, 0.3) is 0 Å². The van der Waals surface area contributed by atoms with Crippen molar-refractivity contribution in [2.24, 2.45) is 5.92 Å². The summed E-state index contributed by atoms with van der Waals surface area (Å²) in [5.74, 6) is 1.41. The summed E-state index contributed by atoms with van der Waals surface area (Å²) in [6.07, 6.45) is 2.95. The zero-order valence-corrected chi connectivity index (χ0v) is 9.94. The first kappa shape index (κ1) is 12.0. The Bertz CT molecular complexity index is 259. The third-order valence-electron chi connectivity index (χ3n) is 2.62. The lowest BCUT2D eigenvalue weighted by atomic mass is 10.1. The summed E-state index contributed by atoms with van der Waals surface area (Å²) in [5.41, 5.74) is 0. The summed E-state index contributed by atoms with van der Waals surface area (Å²) < 4.78 is 22.6. The van der Waals surface area contributed by atoms with E-state index in [2.05, 4.69) is 19.2 Å². The van der Waals surface area contributed by atoms with E-state index < -0.39 is 9.84 Å². The van der Waals surface area contributed by atoms with Crippen LogP contribution in [0.15, 0.2) is 0 Å². The van der Waals surface area contributed by atoms with Gasteiger partial charge >= 0.3 is 0 Å². The predicted molar refractivity (Wildman–Crippen MR) is 59.1 cm³/mol. The van der Waals surface area contributed by atoms with E-state index in [1.165, 1.54) is 0 Å². The summed E-state index contributed by atoms with van der Waals surface area (Å²) >= 11 is 0. The second-order valence-electron chi connectivity index (χ2n) is 4.59. The maximum atomic E-state index is 11.3. The maximum Gasteiger partial charge on any atom is 0.151 e. The van der Waals surface area contributed by atoms with Crippen molar-refractivity contribution < 1.29 is 8.42 Å². The smallest absolute Gasteiger partial charge is 0.151 e. The monoisotopic (exact) mass is 219 g/mol. The minimum Gasteiger partial charge on any atom is -0.313 e. The highest BCUT2D eigenvalue weighted by atomic mass is 32.2. The molecule has 1 aliphatic heterocycles. The highest BCUT2D eigenvalue weighted by Crippen LogP contribution is 2.12. The Morgan fingerprint density at radius 1 is 1.43 bits per heavy atom. The zero-order chi connectivity index (χ0) is 10.6. The molecule has 0 aromatic carbocycles. The Kier molecular flexibility index (Phi) is 4.38. The molecule has 1 rings (SSSR count). The molecule has 0 saturated carbocycles. The molecule has 84 valence electrons. The van der Waals surface area contributed by atoms with Gasteiger partial charge in [-0.1, -0.05) is 13.8 Å². The largest absolute Gasteiger partial charge is 0.313 e. The second kappa shape index (κ2) is 5.12. The zero-order valence-electron chi connectivity index (χ0n) is 9.12. The highest BCUT2D eigenvalue weighted by molar-refractivity contribution is 7.91. The van der Waals surface area contributed by atoms with Gasteiger partial charge in [0.05, 0.1) is 11.5 Å². The summed E-state index contributed by atoms with van der Waals surface area (Å²) in [4.78, 5) is 0. The molecule has 0 spiro atoms. The van der Waals surface area contributed by atoms with Crippen LogP contribution >= 0.6 is 0 Å². The molecule has 1 heterocycles. The van der Waals surface area contributed by atoms with Crippen molar-refractivity contribution in [2.45, 2.75) is 39.2 Å². The highest BCUT2D eigenvalue weighted by Gasteiger charge is 2.23. The van der Waals surface area contributed by atoms with E-state index in [0.29, 0.717) is 17.4 Å². The van der Waals surface area contributed by atoms with E-state index in [1.54, 1.807) is 0 Å². The molecule has 1 atom stereocenters. The number of rotatable bonds is 4. The van der Waals surface area contributed by atoms with Crippen LogP contribution < -0.4 is 5.32 Å². The molecule has 0 aliphatic carbocycles. The van der Waals surface area contributed by atoms with E-state index in [1.807, 2.05) is 0 Å². The predicted octanol–water partition coefficient (Wildman–Crippen LogP) is 1.20. The van der Waals surface area contributed by atoms with Gasteiger partial charge < -0.3 is 5.32 Å². The molecular weight excluding hydrogens is 198 g/mol. The molecule has 4 heteroatoms. The van der Waals surface area contributed by atoms with Crippen molar-refractivity contribution in [3.63, 3.8) is 0 Å². The molecule has 1 saturated heterocycles. The van der Waals surface area contributed by atoms with Gasteiger partial charge in [0.25, 0.3) is 0 Å². The fourth-order valence-electron chi connectivity index (χ4n) is 1.76. The quantitative estimate of drug-likeness (QED) is 0.773. The number of hydrogen-bond acceptors (Lipinski definition) is 3. The molecule has 1 aliphatic rings. The van der Waals surface area contributed by atoms with Crippen LogP contribution in [-0.2, 0) is 9.84 Å². The fraction of sp³-hybridized carbons (Fsp3) is 1.00. The van der Waals surface area contributed by atoms with Crippen molar-refractivity contribution in [2.75, 3.05) is 18.1 Å². The van der Waals surface area contributed by atoms with Gasteiger partial charge in [-0.3, -0.25) is 0 Å². The van der Waals surface area contributed by atoms with Crippen molar-refractivity contribution >= 4 is 9.84 Å². The topological polar surface area (TPSA) is 46.2 Å². The van der Waals surface area contributed by atoms with Crippen molar-refractivity contribution in [3.05, 3.63) is 0 Å². The number of hydrogen-bond donors (Lipinski definition) is 1. The molecule has 14 heavy (non-hydrogen) atoms. The lowest BCUT2D eigenvalue weighted by molar-refractivity contribution is 0.452. The number of sulfone groups is 1. The third kappa shape index (κ3) is 4.42. The van der Waals surface area contributed by atoms with Crippen molar-refractivity contribution in [1.82, 2.24) is 5.32 Å². The van der Waals surface area contributed by atoms with Gasteiger partial charge in [0.2, 0.25) is 0 Å². The van der Waals surface area contributed by atoms with Crippen LogP contribution in [0.2, 0.25) is 0 Å². The summed E-state index contributed by atoms with van der Waals surface area (Å²) in [5, 5.41) is 3.33. The lowest BCUT2D eigenvalue weighted by Crippen LogP contribution is -2.40. The van der Waals surface area contributed by atoms with Gasteiger partial charge in [0.1, 0.15) is 0 Å². The SMILES string of the molecule is CC(C)CCNC1CCCS(=O)(=O)C1. The molecule has 0 aromatic rings. The van der Waals surface area contributed by atoms with Crippen LogP contribution in [0.1, 0.15) is 33.1 Å². The standard InChI is InChI=1S/C10H21NO2S/c1-9(2)5-6-11-10-4-3-7-14(12,13)8-10/h9-11H,3-8H2,1-2H3. The van der Waals surface area contributed by atoms with Crippen molar-refractivity contribution in [1.29, 1.82) is 0 Å². The Labute approximate surface area is 87.2 Å². The van der Waals surface area contributed by atoms with E-state index in [-0.39, 0.29) is 6.04 Å². The lowest BCUT2D eigenvalue weighted by Gasteiger charge is -2.23. The fourth-order valence-corrected chi connectivity index (χ4v) is 3.43. The molecule has 1 unspecified atom stereocenters. The van der Waals surface area contributed by atoms with E-state index >= 15 is 0 Å². The molecule has 0 bridgehead atoms. The Morgan fingerprint density at radius 3 is 2.71 bits per heavy atom. The Hall–Kier alpha value is -0.0900. The first-order chi connectivity index (χ1) is 6.49. The Balaban J connectivity index is 2.25. The number of nitrogens with one attached hydrogen (secondary N) is 1. The third-order valence-corrected chi connectivity index (χ3v) is 4.44. The van der Waals surface area contributed by atoms with Crippen LogP contribution in [0.5, 0.6) is 0 Å². The minimum atomic E-state index is -2.75. The Morgan fingerprint density at radius 2 is 2.14 bits per heavy atom. The summed E-state index contributed by atoms with van der Waals surface area (Å²) in [6.45, 7) is 5.30. The normalized spacial score (nSPS) is 26.6.